The van der Waals surface area contributed by atoms with Crippen molar-refractivity contribution in [1.29, 1.82) is 0 Å². The average Bonchev–Trinajstić information content (AvgIpc) is 3.40. The van der Waals surface area contributed by atoms with Crippen LogP contribution in [0.3, 0.4) is 0 Å². The molecule has 0 bridgehead atoms. The normalized spacial score (nSPS) is 19.3. The Hall–Kier alpha value is -2.67. The molecule has 28 heavy (non-hydrogen) atoms. The quantitative estimate of drug-likeness (QED) is 0.680. The Morgan fingerprint density at radius 1 is 1.32 bits per heavy atom. The summed E-state index contributed by atoms with van der Waals surface area (Å²) in [6.07, 6.45) is 0.166. The number of ether oxygens (including phenoxy) is 1. The second-order valence-corrected chi connectivity index (χ2v) is 7.97. The lowest BCUT2D eigenvalue weighted by atomic mass is 9.91. The number of benzene rings is 1. The third kappa shape index (κ3) is 3.30. The summed E-state index contributed by atoms with van der Waals surface area (Å²) in [6, 6.07) is 6.53. The third-order valence-corrected chi connectivity index (χ3v) is 6.26. The van der Waals surface area contributed by atoms with Crippen molar-refractivity contribution in [3.8, 4) is 0 Å². The number of likely N-dealkylation sites (tertiary alicyclic amines) is 1. The van der Waals surface area contributed by atoms with Crippen molar-refractivity contribution in [2.75, 3.05) is 20.2 Å². The number of fused-ring (bicyclic) bond motifs is 1. The molecule has 3 aromatic rings. The standard InChI is InChI=1S/C21H21FN2O3S/c1-12-15(16-7-14(22)3-4-19(16)23-12)8-20(25)24-9-17(13-5-6-28-11-13)18(10-24)21(26)27-2/h3-7,11,17-18,23H,8-10H2,1-2H3/t17-,18+/m0/s1. The fourth-order valence-electron chi connectivity index (χ4n) is 4.07. The van der Waals surface area contributed by atoms with E-state index in [1.807, 2.05) is 23.8 Å². The zero-order valence-corrected chi connectivity index (χ0v) is 16.5. The number of esters is 1. The van der Waals surface area contributed by atoms with Crippen LogP contribution in [-0.4, -0.2) is 42.0 Å². The monoisotopic (exact) mass is 400 g/mol. The van der Waals surface area contributed by atoms with Crippen LogP contribution in [0.15, 0.2) is 35.0 Å². The van der Waals surface area contributed by atoms with E-state index < -0.39 is 0 Å². The zero-order chi connectivity index (χ0) is 19.8. The molecule has 0 saturated carbocycles. The minimum Gasteiger partial charge on any atom is -0.469 e. The van der Waals surface area contributed by atoms with Crippen LogP contribution in [0.2, 0.25) is 0 Å². The van der Waals surface area contributed by atoms with Gasteiger partial charge in [0, 0.05) is 35.6 Å². The number of aromatic nitrogens is 1. The first-order valence-corrected chi connectivity index (χ1v) is 10.1. The summed E-state index contributed by atoms with van der Waals surface area (Å²) in [4.78, 5) is 30.2. The zero-order valence-electron chi connectivity index (χ0n) is 15.7. The maximum absolute atomic E-state index is 13.7. The predicted octanol–water partition coefficient (Wildman–Crippen LogP) is 3.63. The first-order valence-electron chi connectivity index (χ1n) is 9.12. The van der Waals surface area contributed by atoms with Crippen LogP contribution >= 0.6 is 11.3 Å². The van der Waals surface area contributed by atoms with Crippen molar-refractivity contribution in [3.05, 3.63) is 57.7 Å². The molecule has 7 heteroatoms. The second-order valence-electron chi connectivity index (χ2n) is 7.19. The van der Waals surface area contributed by atoms with Gasteiger partial charge in [-0.3, -0.25) is 9.59 Å². The number of thiophene rings is 1. The Morgan fingerprint density at radius 3 is 2.86 bits per heavy atom. The first-order chi connectivity index (χ1) is 13.5. The van der Waals surface area contributed by atoms with Crippen LogP contribution in [0.5, 0.6) is 0 Å². The maximum Gasteiger partial charge on any atom is 0.311 e. The van der Waals surface area contributed by atoms with E-state index in [0.717, 1.165) is 27.7 Å². The number of rotatable bonds is 4. The van der Waals surface area contributed by atoms with Crippen LogP contribution in [-0.2, 0) is 20.7 Å². The van der Waals surface area contributed by atoms with Gasteiger partial charge >= 0.3 is 5.97 Å². The number of hydrogen-bond acceptors (Lipinski definition) is 4. The molecule has 5 nitrogen and oxygen atoms in total. The molecule has 1 aromatic carbocycles. The van der Waals surface area contributed by atoms with E-state index >= 15 is 0 Å². The molecule has 2 atom stereocenters. The van der Waals surface area contributed by atoms with Gasteiger partial charge in [-0.05, 0) is 53.1 Å². The van der Waals surface area contributed by atoms with Gasteiger partial charge in [-0.15, -0.1) is 0 Å². The van der Waals surface area contributed by atoms with Gasteiger partial charge in [0.2, 0.25) is 5.91 Å². The fourth-order valence-corrected chi connectivity index (χ4v) is 4.79. The van der Waals surface area contributed by atoms with Crippen molar-refractivity contribution in [1.82, 2.24) is 9.88 Å². The molecule has 1 N–H and O–H groups in total. The number of aromatic amines is 1. The number of carbonyl (C=O) groups is 2. The van der Waals surface area contributed by atoms with E-state index in [0.29, 0.717) is 13.1 Å². The Morgan fingerprint density at radius 2 is 2.14 bits per heavy atom. The van der Waals surface area contributed by atoms with Crippen LogP contribution < -0.4 is 0 Å². The molecule has 2 aromatic heterocycles. The van der Waals surface area contributed by atoms with Gasteiger partial charge in [0.25, 0.3) is 0 Å². The third-order valence-electron chi connectivity index (χ3n) is 5.56. The minimum absolute atomic E-state index is 0.0656. The molecule has 3 heterocycles. The SMILES string of the molecule is COC(=O)[C@@H]1CN(C(=O)Cc2c(C)[nH]c3ccc(F)cc23)C[C@H]1c1ccsc1. The Labute approximate surface area is 166 Å². The van der Waals surface area contributed by atoms with Gasteiger partial charge in [0.1, 0.15) is 5.82 Å². The lowest BCUT2D eigenvalue weighted by Crippen LogP contribution is -2.31. The lowest BCUT2D eigenvalue weighted by molar-refractivity contribution is -0.145. The molecule has 1 fully saturated rings. The molecular weight excluding hydrogens is 379 g/mol. The highest BCUT2D eigenvalue weighted by Crippen LogP contribution is 2.35. The van der Waals surface area contributed by atoms with E-state index in [-0.39, 0.29) is 36.0 Å². The van der Waals surface area contributed by atoms with Gasteiger partial charge in [-0.1, -0.05) is 0 Å². The molecular formula is C21H21FN2O3S. The highest BCUT2D eigenvalue weighted by Gasteiger charge is 2.41. The van der Waals surface area contributed by atoms with Gasteiger partial charge < -0.3 is 14.6 Å². The van der Waals surface area contributed by atoms with E-state index in [1.165, 1.54) is 19.2 Å². The van der Waals surface area contributed by atoms with Gasteiger partial charge in [0.15, 0.2) is 0 Å². The largest absolute Gasteiger partial charge is 0.469 e. The number of halogens is 1. The number of aryl methyl sites for hydroxylation is 1. The first kappa shape index (κ1) is 18.7. The number of hydrogen-bond donors (Lipinski definition) is 1. The van der Waals surface area contributed by atoms with E-state index in [9.17, 15) is 14.0 Å². The summed E-state index contributed by atoms with van der Waals surface area (Å²) in [5, 5.41) is 4.71. The van der Waals surface area contributed by atoms with Crippen molar-refractivity contribution in [3.63, 3.8) is 0 Å². The number of nitrogens with one attached hydrogen (secondary N) is 1. The summed E-state index contributed by atoms with van der Waals surface area (Å²) < 4.78 is 18.7. The molecule has 1 amide bonds. The summed E-state index contributed by atoms with van der Waals surface area (Å²) in [6.45, 7) is 2.70. The van der Waals surface area contributed by atoms with Crippen molar-refractivity contribution >= 4 is 34.1 Å². The molecule has 1 aliphatic heterocycles. The number of carbonyl (C=O) groups excluding carboxylic acids is 2. The molecule has 0 unspecified atom stereocenters. The van der Waals surface area contributed by atoms with Crippen molar-refractivity contribution < 1.29 is 18.7 Å². The van der Waals surface area contributed by atoms with Crippen molar-refractivity contribution in [2.45, 2.75) is 19.3 Å². The molecule has 0 spiro atoms. The van der Waals surface area contributed by atoms with Crippen LogP contribution in [0.4, 0.5) is 4.39 Å². The maximum atomic E-state index is 13.7. The summed E-state index contributed by atoms with van der Waals surface area (Å²) in [7, 11) is 1.38. The van der Waals surface area contributed by atoms with E-state index in [4.69, 9.17) is 4.74 Å². The summed E-state index contributed by atoms with van der Waals surface area (Å²) >= 11 is 1.57. The molecule has 1 aliphatic rings. The number of nitrogens with zero attached hydrogens (tertiary/aromatic N) is 1. The second kappa shape index (κ2) is 7.39. The van der Waals surface area contributed by atoms with Crippen LogP contribution in [0.25, 0.3) is 10.9 Å². The molecule has 0 aliphatic carbocycles. The Balaban J connectivity index is 1.58. The topological polar surface area (TPSA) is 62.4 Å². The fraction of sp³-hybridized carbons (Fsp3) is 0.333. The Kier molecular flexibility index (Phi) is 4.93. The van der Waals surface area contributed by atoms with Crippen molar-refractivity contribution in [2.24, 2.45) is 5.92 Å². The summed E-state index contributed by atoms with van der Waals surface area (Å²) in [5.74, 6) is -1.13. The van der Waals surface area contributed by atoms with E-state index in [2.05, 4.69) is 4.98 Å². The summed E-state index contributed by atoms with van der Waals surface area (Å²) in [5.41, 5.74) is 3.52. The molecule has 4 rings (SSSR count). The molecule has 0 radical (unpaired) electrons. The predicted molar refractivity (Wildman–Crippen MR) is 106 cm³/mol. The van der Waals surface area contributed by atoms with Crippen LogP contribution in [0.1, 0.15) is 22.7 Å². The van der Waals surface area contributed by atoms with Gasteiger partial charge in [0.05, 0.1) is 19.4 Å². The number of amides is 1. The lowest BCUT2D eigenvalue weighted by Gasteiger charge is -2.16. The van der Waals surface area contributed by atoms with Gasteiger partial charge in [-0.2, -0.15) is 11.3 Å². The number of H-pyrrole nitrogens is 1. The smallest absolute Gasteiger partial charge is 0.311 e. The number of methoxy groups -OCH3 is 1. The van der Waals surface area contributed by atoms with E-state index in [1.54, 1.807) is 22.3 Å². The Bertz CT molecular complexity index is 1030. The highest BCUT2D eigenvalue weighted by atomic mass is 32.1. The van der Waals surface area contributed by atoms with Gasteiger partial charge in [-0.25, -0.2) is 4.39 Å². The highest BCUT2D eigenvalue weighted by molar-refractivity contribution is 7.08. The molecule has 146 valence electrons. The van der Waals surface area contributed by atoms with Crippen LogP contribution in [0, 0.1) is 18.7 Å². The minimum atomic E-state index is -0.370. The average molecular weight is 400 g/mol. The molecule has 1 saturated heterocycles.